The molecule has 194 valence electrons. The number of aliphatic hydroxyl groups is 1. The summed E-state index contributed by atoms with van der Waals surface area (Å²) in [6.07, 6.45) is -1.32. The molecule has 0 fully saturated rings. The Morgan fingerprint density at radius 1 is 0.824 bits per heavy atom. The maximum absolute atomic E-state index is 12.8. The van der Waals surface area contributed by atoms with Crippen LogP contribution < -0.4 is 38.9 Å². The van der Waals surface area contributed by atoms with Crippen molar-refractivity contribution in [2.24, 2.45) is 22.9 Å². The Balaban J connectivity index is 5.50. The summed E-state index contributed by atoms with van der Waals surface area (Å²) in [6, 6.07) is -5.67. The van der Waals surface area contributed by atoms with Gasteiger partial charge in [0.1, 0.15) is 12.1 Å². The molecule has 0 aromatic heterocycles. The number of rotatable bonds is 17. The Morgan fingerprint density at radius 3 is 1.85 bits per heavy atom. The second-order valence-electron chi connectivity index (χ2n) is 7.75. The van der Waals surface area contributed by atoms with Gasteiger partial charge in [-0.2, -0.15) is 0 Å². The molecule has 34 heavy (non-hydrogen) atoms. The molecule has 0 aliphatic carbocycles. The summed E-state index contributed by atoms with van der Waals surface area (Å²) in [5, 5.41) is 25.3. The number of carboxylic acid groups (broad SMARTS) is 1. The van der Waals surface area contributed by atoms with Crippen LogP contribution in [0.5, 0.6) is 0 Å². The van der Waals surface area contributed by atoms with Crippen LogP contribution in [0.15, 0.2) is 0 Å². The molecule has 0 radical (unpaired) electrons. The van der Waals surface area contributed by atoms with Crippen LogP contribution >= 0.6 is 0 Å². The molecule has 0 saturated carbocycles. The quantitative estimate of drug-likeness (QED) is 0.0882. The molecule has 15 heteroatoms. The number of carbonyl (C=O) groups is 6. The second kappa shape index (κ2) is 15.5. The standard InChI is InChI=1S/C19H35N7O8/c1-9(27)15(19(33)34)26-17(31)11(5-6-13(22)28)24-18(32)12(8-14(23)29)25-16(30)10(21)4-2-3-7-20/h9-12,15,27H,2-8,20-21H2,1H3,(H2,22,28)(H2,23,29)(H,24,32)(H,25,30)(H,26,31)(H,33,34). The van der Waals surface area contributed by atoms with E-state index in [9.17, 15) is 33.9 Å². The maximum Gasteiger partial charge on any atom is 0.328 e. The highest BCUT2D eigenvalue weighted by Gasteiger charge is 2.32. The molecule has 0 saturated heterocycles. The van der Waals surface area contributed by atoms with Gasteiger partial charge in [-0.05, 0) is 32.7 Å². The van der Waals surface area contributed by atoms with E-state index in [-0.39, 0.29) is 19.3 Å². The average Bonchev–Trinajstić information content (AvgIpc) is 2.72. The van der Waals surface area contributed by atoms with Crippen molar-refractivity contribution in [2.45, 2.75) is 75.7 Å². The van der Waals surface area contributed by atoms with Gasteiger partial charge in [0.25, 0.3) is 0 Å². The van der Waals surface area contributed by atoms with Crippen LogP contribution in [0.3, 0.4) is 0 Å². The van der Waals surface area contributed by atoms with Crippen LogP contribution in [0.25, 0.3) is 0 Å². The summed E-state index contributed by atoms with van der Waals surface area (Å²) in [4.78, 5) is 71.5. The first-order valence-electron chi connectivity index (χ1n) is 10.6. The summed E-state index contributed by atoms with van der Waals surface area (Å²) >= 11 is 0. The van der Waals surface area contributed by atoms with Gasteiger partial charge in [0, 0.05) is 6.42 Å². The van der Waals surface area contributed by atoms with Gasteiger partial charge in [-0.3, -0.25) is 24.0 Å². The number of unbranched alkanes of at least 4 members (excludes halogenated alkanes) is 1. The lowest BCUT2D eigenvalue weighted by molar-refractivity contribution is -0.145. The summed E-state index contributed by atoms with van der Waals surface area (Å²) < 4.78 is 0. The number of carboxylic acids is 1. The summed E-state index contributed by atoms with van der Waals surface area (Å²) in [7, 11) is 0. The lowest BCUT2D eigenvalue weighted by Gasteiger charge is -2.25. The van der Waals surface area contributed by atoms with E-state index in [0.29, 0.717) is 19.4 Å². The van der Waals surface area contributed by atoms with Crippen LogP contribution in [0, 0.1) is 0 Å². The van der Waals surface area contributed by atoms with Crippen molar-refractivity contribution < 1.29 is 39.0 Å². The number of amides is 5. The highest BCUT2D eigenvalue weighted by atomic mass is 16.4. The fourth-order valence-corrected chi connectivity index (χ4v) is 2.80. The Kier molecular flexibility index (Phi) is 14.0. The van der Waals surface area contributed by atoms with Crippen molar-refractivity contribution in [2.75, 3.05) is 6.54 Å². The Hall–Kier alpha value is -3.30. The first-order chi connectivity index (χ1) is 15.8. The predicted molar refractivity (Wildman–Crippen MR) is 118 cm³/mol. The van der Waals surface area contributed by atoms with Crippen molar-refractivity contribution in [3.63, 3.8) is 0 Å². The van der Waals surface area contributed by atoms with E-state index >= 15 is 0 Å². The largest absolute Gasteiger partial charge is 0.480 e. The first-order valence-corrected chi connectivity index (χ1v) is 10.6. The highest BCUT2D eigenvalue weighted by molar-refractivity contribution is 5.96. The zero-order valence-corrected chi connectivity index (χ0v) is 19.0. The zero-order chi connectivity index (χ0) is 26.4. The topological polar surface area (TPSA) is 283 Å². The molecule has 0 bridgehead atoms. The van der Waals surface area contributed by atoms with Gasteiger partial charge in [-0.25, -0.2) is 4.79 Å². The van der Waals surface area contributed by atoms with Gasteiger partial charge >= 0.3 is 5.97 Å². The lowest BCUT2D eigenvalue weighted by atomic mass is 10.1. The van der Waals surface area contributed by atoms with E-state index < -0.39 is 72.2 Å². The van der Waals surface area contributed by atoms with E-state index in [1.165, 1.54) is 0 Å². The molecule has 0 aromatic carbocycles. The monoisotopic (exact) mass is 489 g/mol. The van der Waals surface area contributed by atoms with Crippen LogP contribution in [-0.2, 0) is 28.8 Å². The summed E-state index contributed by atoms with van der Waals surface area (Å²) in [5.41, 5.74) is 21.4. The zero-order valence-electron chi connectivity index (χ0n) is 19.0. The van der Waals surface area contributed by atoms with Gasteiger partial charge in [-0.15, -0.1) is 0 Å². The molecule has 0 aromatic rings. The van der Waals surface area contributed by atoms with Gasteiger partial charge in [0.2, 0.25) is 29.5 Å². The summed E-state index contributed by atoms with van der Waals surface area (Å²) in [5.74, 6) is -6.05. The first kappa shape index (κ1) is 30.7. The smallest absolute Gasteiger partial charge is 0.328 e. The number of nitrogens with one attached hydrogen (secondary N) is 3. The molecular formula is C19H35N7O8. The van der Waals surface area contributed by atoms with Crippen LogP contribution in [-0.4, -0.2) is 82.5 Å². The maximum atomic E-state index is 12.8. The van der Waals surface area contributed by atoms with Crippen molar-refractivity contribution >= 4 is 35.5 Å². The van der Waals surface area contributed by atoms with Crippen LogP contribution in [0.4, 0.5) is 0 Å². The number of nitrogens with two attached hydrogens (primary N) is 4. The molecule has 5 unspecified atom stereocenters. The molecule has 15 nitrogen and oxygen atoms in total. The van der Waals surface area contributed by atoms with E-state index in [1.807, 2.05) is 5.32 Å². The minimum atomic E-state index is -1.70. The lowest BCUT2D eigenvalue weighted by Crippen LogP contribution is -2.58. The summed E-state index contributed by atoms with van der Waals surface area (Å²) in [6.45, 7) is 1.54. The number of hydrogen-bond acceptors (Lipinski definition) is 9. The van der Waals surface area contributed by atoms with E-state index in [1.54, 1.807) is 0 Å². The minimum absolute atomic E-state index is 0.271. The molecular weight excluding hydrogens is 454 g/mol. The second-order valence-corrected chi connectivity index (χ2v) is 7.75. The van der Waals surface area contributed by atoms with Gasteiger partial charge < -0.3 is 49.1 Å². The number of hydrogen-bond donors (Lipinski definition) is 9. The molecule has 0 aliphatic heterocycles. The van der Waals surface area contributed by atoms with Gasteiger partial charge in [-0.1, -0.05) is 6.42 Å². The molecule has 0 spiro atoms. The normalized spacial score (nSPS) is 15.2. The molecule has 0 rings (SSSR count). The molecule has 5 atom stereocenters. The van der Waals surface area contributed by atoms with Crippen molar-refractivity contribution in [1.29, 1.82) is 0 Å². The third kappa shape index (κ3) is 12.1. The Bertz CT molecular complexity index is 746. The number of primary amides is 2. The number of carbonyl (C=O) groups excluding carboxylic acids is 5. The van der Waals surface area contributed by atoms with E-state index in [4.69, 9.17) is 28.0 Å². The Labute approximate surface area is 196 Å². The average molecular weight is 490 g/mol. The Morgan fingerprint density at radius 2 is 1.38 bits per heavy atom. The SMILES string of the molecule is CC(O)C(NC(=O)C(CCC(N)=O)NC(=O)C(CC(N)=O)NC(=O)C(N)CCCCN)C(=O)O. The highest BCUT2D eigenvalue weighted by Crippen LogP contribution is 2.04. The fraction of sp³-hybridized carbons (Fsp3) is 0.684. The van der Waals surface area contributed by atoms with Gasteiger partial charge in [0.15, 0.2) is 6.04 Å². The number of aliphatic carboxylic acids is 1. The molecule has 5 amide bonds. The fourth-order valence-electron chi connectivity index (χ4n) is 2.80. The van der Waals surface area contributed by atoms with Gasteiger partial charge in [0.05, 0.1) is 18.6 Å². The van der Waals surface area contributed by atoms with Crippen molar-refractivity contribution in [3.8, 4) is 0 Å². The minimum Gasteiger partial charge on any atom is -0.480 e. The van der Waals surface area contributed by atoms with Crippen molar-refractivity contribution in [1.82, 2.24) is 16.0 Å². The molecule has 0 heterocycles. The van der Waals surface area contributed by atoms with E-state index in [2.05, 4.69) is 10.6 Å². The van der Waals surface area contributed by atoms with Crippen LogP contribution in [0.2, 0.25) is 0 Å². The number of aliphatic hydroxyl groups excluding tert-OH is 1. The van der Waals surface area contributed by atoms with Crippen molar-refractivity contribution in [3.05, 3.63) is 0 Å². The molecule has 13 N–H and O–H groups in total. The van der Waals surface area contributed by atoms with E-state index in [0.717, 1.165) is 6.92 Å². The van der Waals surface area contributed by atoms with Crippen LogP contribution in [0.1, 0.15) is 45.4 Å². The third-order valence-corrected chi connectivity index (χ3v) is 4.70. The predicted octanol–water partition coefficient (Wildman–Crippen LogP) is -4.50. The molecule has 0 aliphatic rings. The third-order valence-electron chi connectivity index (χ3n) is 4.70.